The van der Waals surface area contributed by atoms with E-state index in [-0.39, 0.29) is 5.25 Å². The third kappa shape index (κ3) is 2.59. The maximum absolute atomic E-state index is 12.0. The normalized spacial score (nSPS) is 19.7. The van der Waals surface area contributed by atoms with Crippen LogP contribution in [-0.4, -0.2) is 23.9 Å². The summed E-state index contributed by atoms with van der Waals surface area (Å²) in [5.74, 6) is 2.29. The lowest BCUT2D eigenvalue weighted by molar-refractivity contribution is -0.117. The smallest absolute Gasteiger partial charge is 0.150 e. The Balaban J connectivity index is 2.05. The summed E-state index contributed by atoms with van der Waals surface area (Å²) in [5.41, 5.74) is 1.00. The number of rotatable bonds is 4. The molecular weight excluding hydrogens is 220 g/mol. The molecule has 0 aromatic heterocycles. The van der Waals surface area contributed by atoms with Gasteiger partial charge in [-0.25, -0.2) is 0 Å². The fraction of sp³-hybridized carbons (Fsp3) is 0.462. The van der Waals surface area contributed by atoms with E-state index in [2.05, 4.69) is 0 Å². The Morgan fingerprint density at radius 2 is 2.31 bits per heavy atom. The minimum atomic E-state index is 0.213. The molecule has 1 aliphatic rings. The maximum Gasteiger partial charge on any atom is 0.150 e. The molecule has 0 spiro atoms. The standard InChI is InChI=1S/C13H16O2S/c1-15-12-6-3-2-5-10(12)9-11(14)13-7-4-8-16-13/h2-3,5-6,13H,4,7-9H2,1H3. The molecule has 1 heterocycles. The molecule has 0 saturated carbocycles. The van der Waals surface area contributed by atoms with Gasteiger partial charge in [0.1, 0.15) is 11.5 Å². The summed E-state index contributed by atoms with van der Waals surface area (Å²) in [6, 6.07) is 7.75. The van der Waals surface area contributed by atoms with E-state index in [0.717, 1.165) is 23.5 Å². The van der Waals surface area contributed by atoms with E-state index >= 15 is 0 Å². The molecule has 0 bridgehead atoms. The fourth-order valence-corrected chi connectivity index (χ4v) is 3.20. The average Bonchev–Trinajstić information content (AvgIpc) is 2.83. The molecule has 0 aliphatic carbocycles. The second kappa shape index (κ2) is 5.39. The Bertz CT molecular complexity index is 370. The lowest BCUT2D eigenvalue weighted by atomic mass is 10.0. The van der Waals surface area contributed by atoms with Crippen LogP contribution in [0.4, 0.5) is 0 Å². The van der Waals surface area contributed by atoms with Gasteiger partial charge in [-0.2, -0.15) is 11.8 Å². The zero-order valence-corrected chi connectivity index (χ0v) is 10.3. The van der Waals surface area contributed by atoms with Crippen LogP contribution >= 0.6 is 11.8 Å². The van der Waals surface area contributed by atoms with Crippen LogP contribution < -0.4 is 4.74 Å². The molecule has 2 nitrogen and oxygen atoms in total. The number of carbonyl (C=O) groups excluding carboxylic acids is 1. The summed E-state index contributed by atoms with van der Waals surface area (Å²) in [7, 11) is 1.65. The van der Waals surface area contributed by atoms with Crippen molar-refractivity contribution in [2.24, 2.45) is 0 Å². The van der Waals surface area contributed by atoms with Gasteiger partial charge < -0.3 is 4.74 Å². The molecule has 1 fully saturated rings. The summed E-state index contributed by atoms with van der Waals surface area (Å²) in [5, 5.41) is 0.213. The van der Waals surface area contributed by atoms with Crippen molar-refractivity contribution in [3.63, 3.8) is 0 Å². The van der Waals surface area contributed by atoms with E-state index in [4.69, 9.17) is 4.74 Å². The Morgan fingerprint density at radius 1 is 1.50 bits per heavy atom. The predicted molar refractivity (Wildman–Crippen MR) is 67.2 cm³/mol. The van der Waals surface area contributed by atoms with Crippen molar-refractivity contribution in [2.75, 3.05) is 12.9 Å². The summed E-state index contributed by atoms with van der Waals surface area (Å²) >= 11 is 1.79. The number of benzene rings is 1. The summed E-state index contributed by atoms with van der Waals surface area (Å²) in [4.78, 5) is 12.0. The topological polar surface area (TPSA) is 26.3 Å². The highest BCUT2D eigenvalue weighted by Gasteiger charge is 2.23. The molecule has 0 radical (unpaired) electrons. The molecule has 0 N–H and O–H groups in total. The number of thioether (sulfide) groups is 1. The minimum Gasteiger partial charge on any atom is -0.496 e. The number of Topliss-reactive ketones (excluding diaryl/α,β-unsaturated/α-hetero) is 1. The predicted octanol–water partition coefficient (Wildman–Crippen LogP) is 2.70. The van der Waals surface area contributed by atoms with Crippen LogP contribution in [0.3, 0.4) is 0 Å². The number of hydrogen-bond acceptors (Lipinski definition) is 3. The molecule has 1 saturated heterocycles. The molecular formula is C13H16O2S. The van der Waals surface area contributed by atoms with E-state index in [1.165, 1.54) is 6.42 Å². The van der Waals surface area contributed by atoms with Gasteiger partial charge in [-0.3, -0.25) is 4.79 Å². The van der Waals surface area contributed by atoms with Gasteiger partial charge in [0.2, 0.25) is 0 Å². The lowest BCUT2D eigenvalue weighted by Crippen LogP contribution is -2.16. The fourth-order valence-electron chi connectivity index (χ4n) is 1.98. The van der Waals surface area contributed by atoms with E-state index < -0.39 is 0 Å². The van der Waals surface area contributed by atoms with Gasteiger partial charge in [0.15, 0.2) is 0 Å². The molecule has 1 aliphatic heterocycles. The zero-order chi connectivity index (χ0) is 11.4. The second-order valence-electron chi connectivity index (χ2n) is 3.96. The largest absolute Gasteiger partial charge is 0.496 e. The first-order valence-electron chi connectivity index (χ1n) is 5.57. The van der Waals surface area contributed by atoms with Crippen molar-refractivity contribution in [1.29, 1.82) is 0 Å². The van der Waals surface area contributed by atoms with Crippen molar-refractivity contribution in [3.05, 3.63) is 29.8 Å². The van der Waals surface area contributed by atoms with Gasteiger partial charge in [0.25, 0.3) is 0 Å². The first-order chi connectivity index (χ1) is 7.81. The Kier molecular flexibility index (Phi) is 3.88. The van der Waals surface area contributed by atoms with E-state index in [9.17, 15) is 4.79 Å². The van der Waals surface area contributed by atoms with Crippen LogP contribution in [0, 0.1) is 0 Å². The quantitative estimate of drug-likeness (QED) is 0.804. The first kappa shape index (κ1) is 11.5. The number of methoxy groups -OCH3 is 1. The van der Waals surface area contributed by atoms with Crippen molar-refractivity contribution < 1.29 is 9.53 Å². The van der Waals surface area contributed by atoms with E-state index in [0.29, 0.717) is 12.2 Å². The lowest BCUT2D eigenvalue weighted by Gasteiger charge is -2.10. The molecule has 1 unspecified atom stereocenters. The van der Waals surface area contributed by atoms with E-state index in [1.54, 1.807) is 18.9 Å². The monoisotopic (exact) mass is 236 g/mol. The number of ketones is 1. The van der Waals surface area contributed by atoms with Gasteiger partial charge in [-0.05, 0) is 24.7 Å². The van der Waals surface area contributed by atoms with Gasteiger partial charge in [-0.1, -0.05) is 18.2 Å². The van der Waals surface area contributed by atoms with Crippen LogP contribution in [0.5, 0.6) is 5.75 Å². The van der Waals surface area contributed by atoms with Gasteiger partial charge in [0, 0.05) is 12.0 Å². The third-order valence-electron chi connectivity index (χ3n) is 2.85. The van der Waals surface area contributed by atoms with Crippen LogP contribution in [0.1, 0.15) is 18.4 Å². The van der Waals surface area contributed by atoms with Crippen LogP contribution in [0.2, 0.25) is 0 Å². The number of hydrogen-bond donors (Lipinski definition) is 0. The van der Waals surface area contributed by atoms with Crippen LogP contribution in [0.25, 0.3) is 0 Å². The molecule has 2 rings (SSSR count). The van der Waals surface area contributed by atoms with E-state index in [1.807, 2.05) is 24.3 Å². The first-order valence-corrected chi connectivity index (χ1v) is 6.62. The SMILES string of the molecule is COc1ccccc1CC(=O)C1CCCS1. The summed E-state index contributed by atoms with van der Waals surface area (Å²) in [6.07, 6.45) is 2.72. The minimum absolute atomic E-state index is 0.213. The summed E-state index contributed by atoms with van der Waals surface area (Å²) in [6.45, 7) is 0. The zero-order valence-electron chi connectivity index (χ0n) is 9.44. The number of ether oxygens (including phenoxy) is 1. The molecule has 1 aromatic carbocycles. The molecule has 0 amide bonds. The molecule has 1 aromatic rings. The Hall–Kier alpha value is -0.960. The highest BCUT2D eigenvalue weighted by molar-refractivity contribution is 8.00. The molecule has 1 atom stereocenters. The van der Waals surface area contributed by atoms with Crippen molar-refractivity contribution in [3.8, 4) is 5.75 Å². The van der Waals surface area contributed by atoms with Crippen molar-refractivity contribution >= 4 is 17.5 Å². The van der Waals surface area contributed by atoms with Gasteiger partial charge in [-0.15, -0.1) is 0 Å². The highest BCUT2D eigenvalue weighted by Crippen LogP contribution is 2.29. The van der Waals surface area contributed by atoms with Crippen LogP contribution in [0.15, 0.2) is 24.3 Å². The highest BCUT2D eigenvalue weighted by atomic mass is 32.2. The average molecular weight is 236 g/mol. The van der Waals surface area contributed by atoms with Crippen molar-refractivity contribution in [2.45, 2.75) is 24.5 Å². The maximum atomic E-state index is 12.0. The second-order valence-corrected chi connectivity index (χ2v) is 5.27. The molecule has 16 heavy (non-hydrogen) atoms. The Morgan fingerprint density at radius 3 is 3.00 bits per heavy atom. The summed E-state index contributed by atoms with van der Waals surface area (Å²) < 4.78 is 5.25. The molecule has 3 heteroatoms. The number of para-hydroxylation sites is 1. The van der Waals surface area contributed by atoms with Crippen molar-refractivity contribution in [1.82, 2.24) is 0 Å². The Labute approximate surface area is 100 Å². The molecule has 86 valence electrons. The van der Waals surface area contributed by atoms with Crippen LogP contribution in [-0.2, 0) is 11.2 Å². The van der Waals surface area contributed by atoms with Gasteiger partial charge >= 0.3 is 0 Å². The number of carbonyl (C=O) groups is 1. The third-order valence-corrected chi connectivity index (χ3v) is 4.27. The van der Waals surface area contributed by atoms with Gasteiger partial charge in [0.05, 0.1) is 12.4 Å².